The Morgan fingerprint density at radius 1 is 1.10 bits per heavy atom. The van der Waals surface area contributed by atoms with Crippen molar-refractivity contribution >= 4 is 40.5 Å². The molecule has 112 valence electrons. The summed E-state index contributed by atoms with van der Waals surface area (Å²) in [6.07, 6.45) is 0. The summed E-state index contributed by atoms with van der Waals surface area (Å²) in [6, 6.07) is 11.3. The zero-order chi connectivity index (χ0) is 15.2. The molecule has 0 saturated carbocycles. The number of hydrogen-bond donors (Lipinski definition) is 1. The fraction of sp³-hybridized carbons (Fsp3) is 0.250. The van der Waals surface area contributed by atoms with Gasteiger partial charge in [0.2, 0.25) is 0 Å². The van der Waals surface area contributed by atoms with Crippen LogP contribution in [0.25, 0.3) is 0 Å². The highest BCUT2D eigenvalue weighted by Gasteiger charge is 2.07. The molecule has 0 spiro atoms. The first-order chi connectivity index (χ1) is 10.2. The standard InChI is InChI=1S/C16H16Cl3NO/c1-2-21-16-7-6-12(8-11(16)9-17)20-10-13-14(18)4-3-5-15(13)19/h3-8,20H,2,9-10H2,1H3. The molecule has 1 N–H and O–H groups in total. The van der Waals surface area contributed by atoms with E-state index in [0.717, 1.165) is 22.6 Å². The molecule has 0 amide bonds. The lowest BCUT2D eigenvalue weighted by Gasteiger charge is -2.13. The van der Waals surface area contributed by atoms with Gasteiger partial charge in [0.1, 0.15) is 5.75 Å². The Morgan fingerprint density at radius 3 is 2.43 bits per heavy atom. The summed E-state index contributed by atoms with van der Waals surface area (Å²) in [5.74, 6) is 1.21. The Balaban J connectivity index is 2.13. The van der Waals surface area contributed by atoms with Crippen LogP contribution in [-0.2, 0) is 12.4 Å². The van der Waals surface area contributed by atoms with Crippen molar-refractivity contribution in [2.24, 2.45) is 0 Å². The van der Waals surface area contributed by atoms with E-state index in [2.05, 4.69) is 5.32 Å². The third kappa shape index (κ3) is 4.19. The first-order valence-corrected chi connectivity index (χ1v) is 7.93. The molecule has 21 heavy (non-hydrogen) atoms. The Labute approximate surface area is 140 Å². The van der Waals surface area contributed by atoms with Gasteiger partial charge in [0.05, 0.1) is 12.5 Å². The van der Waals surface area contributed by atoms with Crippen LogP contribution in [0.5, 0.6) is 5.75 Å². The van der Waals surface area contributed by atoms with Crippen molar-refractivity contribution in [3.8, 4) is 5.75 Å². The topological polar surface area (TPSA) is 21.3 Å². The quantitative estimate of drug-likeness (QED) is 0.674. The van der Waals surface area contributed by atoms with Crippen LogP contribution in [0.15, 0.2) is 36.4 Å². The average molecular weight is 345 g/mol. The minimum atomic E-state index is 0.400. The van der Waals surface area contributed by atoms with E-state index in [1.807, 2.05) is 43.3 Å². The smallest absolute Gasteiger partial charge is 0.123 e. The highest BCUT2D eigenvalue weighted by Crippen LogP contribution is 2.27. The SMILES string of the molecule is CCOc1ccc(NCc2c(Cl)cccc2Cl)cc1CCl. The van der Waals surface area contributed by atoms with Gasteiger partial charge in [-0.25, -0.2) is 0 Å². The molecule has 0 radical (unpaired) electrons. The van der Waals surface area contributed by atoms with Crippen molar-refractivity contribution in [2.75, 3.05) is 11.9 Å². The molecule has 0 bridgehead atoms. The predicted octanol–water partition coefficient (Wildman–Crippen LogP) is 5.74. The van der Waals surface area contributed by atoms with Gasteiger partial charge in [0.25, 0.3) is 0 Å². The molecule has 2 rings (SSSR count). The second-order valence-corrected chi connectivity index (χ2v) is 5.52. The Morgan fingerprint density at radius 2 is 1.81 bits per heavy atom. The molecule has 0 aliphatic carbocycles. The van der Waals surface area contributed by atoms with Crippen molar-refractivity contribution in [1.82, 2.24) is 0 Å². The minimum absolute atomic E-state index is 0.400. The highest BCUT2D eigenvalue weighted by atomic mass is 35.5. The van der Waals surface area contributed by atoms with Gasteiger partial charge in [0.15, 0.2) is 0 Å². The van der Waals surface area contributed by atoms with Crippen LogP contribution in [-0.4, -0.2) is 6.61 Å². The van der Waals surface area contributed by atoms with Crippen molar-refractivity contribution in [3.63, 3.8) is 0 Å². The number of rotatable bonds is 6. The van der Waals surface area contributed by atoms with E-state index in [9.17, 15) is 0 Å². The lowest BCUT2D eigenvalue weighted by molar-refractivity contribution is 0.337. The van der Waals surface area contributed by atoms with Crippen molar-refractivity contribution < 1.29 is 4.74 Å². The summed E-state index contributed by atoms with van der Waals surface area (Å²) in [4.78, 5) is 0. The van der Waals surface area contributed by atoms with Gasteiger partial charge in [-0.3, -0.25) is 0 Å². The van der Waals surface area contributed by atoms with Crippen LogP contribution in [0.4, 0.5) is 5.69 Å². The van der Waals surface area contributed by atoms with Gasteiger partial charge >= 0.3 is 0 Å². The first kappa shape index (κ1) is 16.3. The van der Waals surface area contributed by atoms with Gasteiger partial charge in [-0.1, -0.05) is 29.3 Å². The molecular formula is C16H16Cl3NO. The normalized spacial score (nSPS) is 10.5. The molecule has 0 fully saturated rings. The zero-order valence-corrected chi connectivity index (χ0v) is 13.9. The Kier molecular flexibility index (Phi) is 6.04. The van der Waals surface area contributed by atoms with E-state index in [1.54, 1.807) is 0 Å². The van der Waals surface area contributed by atoms with Crippen LogP contribution < -0.4 is 10.1 Å². The van der Waals surface area contributed by atoms with Crippen LogP contribution in [0, 0.1) is 0 Å². The summed E-state index contributed by atoms with van der Waals surface area (Å²) in [7, 11) is 0. The van der Waals surface area contributed by atoms with Crippen molar-refractivity contribution in [2.45, 2.75) is 19.3 Å². The lowest BCUT2D eigenvalue weighted by atomic mass is 10.1. The van der Waals surface area contributed by atoms with Gasteiger partial charge < -0.3 is 10.1 Å². The van der Waals surface area contributed by atoms with E-state index < -0.39 is 0 Å². The number of nitrogens with one attached hydrogen (secondary N) is 1. The van der Waals surface area contributed by atoms with E-state index >= 15 is 0 Å². The highest BCUT2D eigenvalue weighted by molar-refractivity contribution is 6.36. The second kappa shape index (κ2) is 7.79. The predicted molar refractivity (Wildman–Crippen MR) is 91.0 cm³/mol. The molecule has 0 aliphatic heterocycles. The molecule has 2 nitrogen and oxygen atoms in total. The largest absolute Gasteiger partial charge is 0.494 e. The second-order valence-electron chi connectivity index (χ2n) is 4.44. The van der Waals surface area contributed by atoms with Gasteiger partial charge in [0, 0.05) is 33.4 Å². The van der Waals surface area contributed by atoms with Crippen molar-refractivity contribution in [1.29, 1.82) is 0 Å². The van der Waals surface area contributed by atoms with Gasteiger partial charge in [-0.15, -0.1) is 11.6 Å². The molecule has 0 atom stereocenters. The summed E-state index contributed by atoms with van der Waals surface area (Å²) in [5.41, 5.74) is 2.78. The molecule has 0 unspecified atom stereocenters. The fourth-order valence-corrected chi connectivity index (χ4v) is 2.72. The van der Waals surface area contributed by atoms with E-state index in [-0.39, 0.29) is 0 Å². The maximum absolute atomic E-state index is 6.16. The summed E-state index contributed by atoms with van der Waals surface area (Å²) in [5, 5.41) is 4.61. The van der Waals surface area contributed by atoms with Crippen LogP contribution >= 0.6 is 34.8 Å². The van der Waals surface area contributed by atoms with Crippen LogP contribution in [0.3, 0.4) is 0 Å². The number of alkyl halides is 1. The van der Waals surface area contributed by atoms with Crippen molar-refractivity contribution in [3.05, 3.63) is 57.6 Å². The third-order valence-corrected chi connectivity index (χ3v) is 4.03. The number of ether oxygens (including phenoxy) is 1. The monoisotopic (exact) mass is 343 g/mol. The fourth-order valence-electron chi connectivity index (χ4n) is 1.98. The van der Waals surface area contributed by atoms with Crippen LogP contribution in [0.2, 0.25) is 10.0 Å². The molecule has 0 heterocycles. The van der Waals surface area contributed by atoms with E-state index in [1.165, 1.54) is 0 Å². The average Bonchev–Trinajstić information content (AvgIpc) is 2.48. The number of halogens is 3. The molecule has 2 aromatic carbocycles. The molecule has 5 heteroatoms. The number of benzene rings is 2. The molecule has 2 aromatic rings. The number of anilines is 1. The Hall–Kier alpha value is -1.09. The van der Waals surface area contributed by atoms with E-state index in [0.29, 0.717) is 29.1 Å². The minimum Gasteiger partial charge on any atom is -0.494 e. The zero-order valence-electron chi connectivity index (χ0n) is 11.6. The molecule has 0 aromatic heterocycles. The van der Waals surface area contributed by atoms with Gasteiger partial charge in [-0.05, 0) is 37.3 Å². The summed E-state index contributed by atoms with van der Waals surface area (Å²) in [6.45, 7) is 3.11. The van der Waals surface area contributed by atoms with Gasteiger partial charge in [-0.2, -0.15) is 0 Å². The number of hydrogen-bond acceptors (Lipinski definition) is 2. The molecule has 0 saturated heterocycles. The maximum atomic E-state index is 6.16. The summed E-state index contributed by atoms with van der Waals surface area (Å²) >= 11 is 18.3. The molecule has 0 aliphatic rings. The van der Waals surface area contributed by atoms with Crippen LogP contribution in [0.1, 0.15) is 18.1 Å². The lowest BCUT2D eigenvalue weighted by Crippen LogP contribution is -2.02. The van der Waals surface area contributed by atoms with E-state index in [4.69, 9.17) is 39.5 Å². The maximum Gasteiger partial charge on any atom is 0.123 e. The Bertz CT molecular complexity index is 596. The first-order valence-electron chi connectivity index (χ1n) is 6.64. The molecular weight excluding hydrogens is 329 g/mol. The third-order valence-electron chi connectivity index (χ3n) is 3.04. The summed E-state index contributed by atoms with van der Waals surface area (Å²) < 4.78 is 5.53.